The lowest BCUT2D eigenvalue weighted by molar-refractivity contribution is 0.845. The molecule has 0 amide bonds. The van der Waals surface area contributed by atoms with Crippen LogP contribution in [0.15, 0.2) is 30.3 Å². The van der Waals surface area contributed by atoms with Crippen LogP contribution in [0.4, 0.5) is 5.69 Å². The quantitative estimate of drug-likeness (QED) is 0.502. The summed E-state index contributed by atoms with van der Waals surface area (Å²) in [4.78, 5) is 0. The molecule has 0 spiro atoms. The number of aryl methyl sites for hydroxylation is 3. The average Bonchev–Trinajstić information content (AvgIpc) is 2.58. The predicted octanol–water partition coefficient (Wildman–Crippen LogP) is 3.62. The summed E-state index contributed by atoms with van der Waals surface area (Å²) in [6.45, 7) is 4.28. The molecule has 122 valence electrons. The highest BCUT2D eigenvalue weighted by Crippen LogP contribution is 2.24. The maximum Gasteiger partial charge on any atom is 0.140 e. The Morgan fingerprint density at radius 3 is 2.58 bits per heavy atom. The van der Waals surface area contributed by atoms with E-state index in [0.717, 1.165) is 18.5 Å². The summed E-state index contributed by atoms with van der Waals surface area (Å²) in [5.74, 6) is 0. The Hall–Kier alpha value is -2.47. The normalized spacial score (nSPS) is 10.8. The number of hydrogen-bond acceptors (Lipinski definition) is 2. The highest BCUT2D eigenvalue weighted by Gasteiger charge is 2.05. The van der Waals surface area contributed by atoms with Crippen LogP contribution in [0.5, 0.6) is 0 Å². The van der Waals surface area contributed by atoms with Crippen molar-refractivity contribution in [3.8, 4) is 6.07 Å². The van der Waals surface area contributed by atoms with Crippen LogP contribution in [0.25, 0.3) is 12.2 Å². The van der Waals surface area contributed by atoms with Crippen molar-refractivity contribution in [3.05, 3.63) is 58.1 Å². The SMILES string of the molecule is Bc1c(C)cccc1/C=C/c1cc(CCCC#N)c(C)cc1NC. The lowest BCUT2D eigenvalue weighted by Crippen LogP contribution is -2.10. The fourth-order valence-corrected chi connectivity index (χ4v) is 2.89. The van der Waals surface area contributed by atoms with Gasteiger partial charge in [-0.15, -0.1) is 0 Å². The number of benzene rings is 2. The van der Waals surface area contributed by atoms with E-state index in [-0.39, 0.29) is 0 Å². The smallest absolute Gasteiger partial charge is 0.140 e. The van der Waals surface area contributed by atoms with Crippen molar-refractivity contribution in [2.75, 3.05) is 12.4 Å². The van der Waals surface area contributed by atoms with Crippen LogP contribution in [-0.2, 0) is 6.42 Å². The van der Waals surface area contributed by atoms with Gasteiger partial charge in [0.2, 0.25) is 0 Å². The van der Waals surface area contributed by atoms with Gasteiger partial charge < -0.3 is 5.32 Å². The number of anilines is 1. The van der Waals surface area contributed by atoms with Gasteiger partial charge in [-0.1, -0.05) is 41.4 Å². The summed E-state index contributed by atoms with van der Waals surface area (Å²) in [6.07, 6.45) is 6.85. The standard InChI is InChI=1S/C21H25BN2/c1-15-7-6-9-17(21(15)22)10-11-19-14-18(8-4-5-12-23)16(2)13-20(19)24-3/h6-7,9-11,13-14,24H,4-5,8,22H2,1-3H3/b11-10+. The summed E-state index contributed by atoms with van der Waals surface area (Å²) in [5.41, 5.74) is 8.82. The van der Waals surface area contributed by atoms with E-state index in [0.29, 0.717) is 6.42 Å². The largest absolute Gasteiger partial charge is 0.388 e. The van der Waals surface area contributed by atoms with Crippen molar-refractivity contribution in [1.82, 2.24) is 0 Å². The number of hydrogen-bond donors (Lipinski definition) is 1. The van der Waals surface area contributed by atoms with Gasteiger partial charge in [0.1, 0.15) is 7.85 Å². The van der Waals surface area contributed by atoms with Crippen LogP contribution >= 0.6 is 0 Å². The first-order valence-electron chi connectivity index (χ1n) is 8.49. The molecule has 1 N–H and O–H groups in total. The first kappa shape index (κ1) is 17.9. The van der Waals surface area contributed by atoms with E-state index in [9.17, 15) is 0 Å². The number of unbranched alkanes of at least 4 members (excludes halogenated alkanes) is 1. The maximum atomic E-state index is 8.74. The van der Waals surface area contributed by atoms with Crippen molar-refractivity contribution >= 4 is 31.1 Å². The van der Waals surface area contributed by atoms with Gasteiger partial charge in [0.05, 0.1) is 6.07 Å². The third kappa shape index (κ3) is 4.29. The lowest BCUT2D eigenvalue weighted by atomic mass is 9.86. The van der Waals surface area contributed by atoms with E-state index < -0.39 is 0 Å². The van der Waals surface area contributed by atoms with Crippen molar-refractivity contribution in [2.24, 2.45) is 0 Å². The third-order valence-electron chi connectivity index (χ3n) is 4.60. The molecular formula is C21H25BN2. The van der Waals surface area contributed by atoms with E-state index in [4.69, 9.17) is 5.26 Å². The first-order valence-corrected chi connectivity index (χ1v) is 8.49. The highest BCUT2D eigenvalue weighted by molar-refractivity contribution is 6.35. The number of nitriles is 1. The zero-order valence-electron chi connectivity index (χ0n) is 15.1. The Bertz CT molecular complexity index is 785. The zero-order valence-corrected chi connectivity index (χ0v) is 15.1. The van der Waals surface area contributed by atoms with E-state index >= 15 is 0 Å². The fraction of sp³-hybridized carbons (Fsp3) is 0.286. The van der Waals surface area contributed by atoms with Gasteiger partial charge in [-0.3, -0.25) is 0 Å². The fourth-order valence-electron chi connectivity index (χ4n) is 2.89. The van der Waals surface area contributed by atoms with Gasteiger partial charge in [-0.2, -0.15) is 5.26 Å². The molecule has 0 atom stereocenters. The summed E-state index contributed by atoms with van der Waals surface area (Å²) in [5, 5.41) is 12.0. The van der Waals surface area contributed by atoms with Crippen molar-refractivity contribution in [2.45, 2.75) is 33.1 Å². The molecule has 2 aromatic carbocycles. The van der Waals surface area contributed by atoms with Gasteiger partial charge in [-0.25, -0.2) is 0 Å². The second-order valence-corrected chi connectivity index (χ2v) is 6.25. The molecule has 0 fully saturated rings. The van der Waals surface area contributed by atoms with Crippen LogP contribution in [-0.4, -0.2) is 14.9 Å². The summed E-state index contributed by atoms with van der Waals surface area (Å²) in [6, 6.07) is 13.1. The molecule has 0 aliphatic heterocycles. The molecule has 0 aliphatic rings. The summed E-state index contributed by atoms with van der Waals surface area (Å²) in [7, 11) is 4.12. The zero-order chi connectivity index (χ0) is 17.5. The Kier molecular flexibility index (Phi) is 6.26. The van der Waals surface area contributed by atoms with Gasteiger partial charge in [0.25, 0.3) is 0 Å². The van der Waals surface area contributed by atoms with Crippen LogP contribution in [0.3, 0.4) is 0 Å². The Balaban J connectivity index is 2.34. The average molecular weight is 316 g/mol. The molecule has 0 radical (unpaired) electrons. The first-order chi connectivity index (χ1) is 11.6. The number of rotatable bonds is 6. The molecule has 0 aliphatic carbocycles. The molecule has 2 aromatic rings. The highest BCUT2D eigenvalue weighted by atomic mass is 14.8. The van der Waals surface area contributed by atoms with Gasteiger partial charge in [0, 0.05) is 19.2 Å². The molecule has 0 saturated carbocycles. The molecule has 0 aromatic heterocycles. The molecule has 0 heterocycles. The summed E-state index contributed by atoms with van der Waals surface area (Å²) >= 11 is 0. The molecule has 2 rings (SSSR count). The van der Waals surface area contributed by atoms with Crippen LogP contribution < -0.4 is 10.8 Å². The van der Waals surface area contributed by atoms with Crippen molar-refractivity contribution in [3.63, 3.8) is 0 Å². The van der Waals surface area contributed by atoms with Crippen LogP contribution in [0.2, 0.25) is 0 Å². The van der Waals surface area contributed by atoms with Crippen LogP contribution in [0.1, 0.15) is 40.7 Å². The Morgan fingerprint density at radius 1 is 1.12 bits per heavy atom. The van der Waals surface area contributed by atoms with Gasteiger partial charge in [0.15, 0.2) is 0 Å². The molecule has 24 heavy (non-hydrogen) atoms. The second kappa shape index (κ2) is 8.40. The molecular weight excluding hydrogens is 291 g/mol. The molecule has 2 nitrogen and oxygen atoms in total. The van der Waals surface area contributed by atoms with Crippen LogP contribution in [0, 0.1) is 25.2 Å². The Labute approximate surface area is 146 Å². The minimum Gasteiger partial charge on any atom is -0.388 e. The third-order valence-corrected chi connectivity index (χ3v) is 4.60. The molecule has 0 saturated heterocycles. The van der Waals surface area contributed by atoms with E-state index in [1.165, 1.54) is 33.3 Å². The van der Waals surface area contributed by atoms with Gasteiger partial charge >= 0.3 is 0 Å². The molecule has 3 heteroatoms. The minimum absolute atomic E-state index is 0.612. The van der Waals surface area contributed by atoms with Crippen molar-refractivity contribution < 1.29 is 0 Å². The van der Waals surface area contributed by atoms with Crippen molar-refractivity contribution in [1.29, 1.82) is 5.26 Å². The topological polar surface area (TPSA) is 35.8 Å². The number of nitrogens with one attached hydrogen (secondary N) is 1. The second-order valence-electron chi connectivity index (χ2n) is 6.25. The monoisotopic (exact) mass is 316 g/mol. The van der Waals surface area contributed by atoms with E-state index in [1.807, 2.05) is 7.05 Å². The van der Waals surface area contributed by atoms with E-state index in [2.05, 4.69) is 75.6 Å². The lowest BCUT2D eigenvalue weighted by Gasteiger charge is -2.12. The molecule has 0 unspecified atom stereocenters. The predicted molar refractivity (Wildman–Crippen MR) is 108 cm³/mol. The Morgan fingerprint density at radius 2 is 1.88 bits per heavy atom. The number of nitrogens with zero attached hydrogens (tertiary/aromatic N) is 1. The summed E-state index contributed by atoms with van der Waals surface area (Å²) < 4.78 is 0. The van der Waals surface area contributed by atoms with Gasteiger partial charge in [-0.05, 0) is 61.1 Å². The van der Waals surface area contributed by atoms with E-state index in [1.54, 1.807) is 0 Å². The minimum atomic E-state index is 0.612. The maximum absolute atomic E-state index is 8.74. The molecule has 0 bridgehead atoms.